The molecule has 5 nitrogen and oxygen atoms in total. The monoisotopic (exact) mass is 351 g/mol. The van der Waals surface area contributed by atoms with Crippen LogP contribution in [0.5, 0.6) is 11.5 Å². The Balaban J connectivity index is 1.49. The number of furan rings is 1. The molecule has 0 unspecified atom stereocenters. The lowest BCUT2D eigenvalue weighted by molar-refractivity contribution is -0.121. The molecular formula is C21H21NO4. The molecule has 26 heavy (non-hydrogen) atoms. The Bertz CT molecular complexity index is 871. The number of aryl methyl sites for hydroxylation is 1. The van der Waals surface area contributed by atoms with Gasteiger partial charge in [0.1, 0.15) is 11.5 Å². The fraction of sp³-hybridized carbons (Fsp3) is 0.190. The van der Waals surface area contributed by atoms with Gasteiger partial charge in [-0.2, -0.15) is 0 Å². The molecule has 2 N–H and O–H groups in total. The van der Waals surface area contributed by atoms with E-state index in [9.17, 15) is 9.90 Å². The van der Waals surface area contributed by atoms with Gasteiger partial charge in [-0.15, -0.1) is 0 Å². The molecule has 1 heterocycles. The standard InChI is InChI=1S/C21H21NO4/c1-25-20-13-15(7-10-18(20)23)14-22-21(24)12-9-17-8-11-19(26-17)16-5-3-2-4-6-16/h2-8,10-11,13,23H,9,12,14H2,1H3,(H,22,24). The van der Waals surface area contributed by atoms with Crippen molar-refractivity contribution in [3.05, 3.63) is 72.0 Å². The molecule has 0 aliphatic carbocycles. The topological polar surface area (TPSA) is 71.7 Å². The minimum Gasteiger partial charge on any atom is -0.504 e. The molecule has 0 spiro atoms. The summed E-state index contributed by atoms with van der Waals surface area (Å²) in [6.07, 6.45) is 0.883. The highest BCUT2D eigenvalue weighted by Gasteiger charge is 2.08. The van der Waals surface area contributed by atoms with E-state index in [1.54, 1.807) is 18.2 Å². The lowest BCUT2D eigenvalue weighted by Gasteiger charge is -2.08. The van der Waals surface area contributed by atoms with E-state index in [0.717, 1.165) is 22.6 Å². The maximum Gasteiger partial charge on any atom is 0.220 e. The van der Waals surface area contributed by atoms with Crippen LogP contribution in [0.2, 0.25) is 0 Å². The maximum atomic E-state index is 12.1. The minimum atomic E-state index is -0.0605. The van der Waals surface area contributed by atoms with Crippen molar-refractivity contribution in [3.63, 3.8) is 0 Å². The van der Waals surface area contributed by atoms with E-state index in [0.29, 0.717) is 25.1 Å². The predicted octanol–water partition coefficient (Wildman–Crippen LogP) is 3.91. The summed E-state index contributed by atoms with van der Waals surface area (Å²) in [6.45, 7) is 0.378. The quantitative estimate of drug-likeness (QED) is 0.677. The Hall–Kier alpha value is -3.21. The molecule has 0 radical (unpaired) electrons. The number of carbonyl (C=O) groups excluding carboxylic acids is 1. The number of ether oxygens (including phenoxy) is 1. The SMILES string of the molecule is COc1cc(CNC(=O)CCc2ccc(-c3ccccc3)o2)ccc1O. The molecule has 2 aromatic carbocycles. The lowest BCUT2D eigenvalue weighted by atomic mass is 10.2. The first-order valence-electron chi connectivity index (χ1n) is 8.42. The first-order valence-corrected chi connectivity index (χ1v) is 8.42. The zero-order valence-corrected chi connectivity index (χ0v) is 14.6. The number of hydrogen-bond donors (Lipinski definition) is 2. The number of benzene rings is 2. The van der Waals surface area contributed by atoms with E-state index in [2.05, 4.69) is 5.32 Å². The normalized spacial score (nSPS) is 10.5. The molecule has 0 saturated heterocycles. The largest absolute Gasteiger partial charge is 0.504 e. The summed E-state index contributed by atoms with van der Waals surface area (Å²) >= 11 is 0. The summed E-state index contributed by atoms with van der Waals surface area (Å²) in [5.74, 6) is 1.99. The highest BCUT2D eigenvalue weighted by molar-refractivity contribution is 5.76. The molecule has 0 aliphatic rings. The third kappa shape index (κ3) is 4.45. The van der Waals surface area contributed by atoms with E-state index in [1.165, 1.54) is 7.11 Å². The fourth-order valence-corrected chi connectivity index (χ4v) is 2.63. The molecule has 0 aliphatic heterocycles. The average Bonchev–Trinajstić information content (AvgIpc) is 3.15. The third-order valence-electron chi connectivity index (χ3n) is 4.05. The van der Waals surface area contributed by atoms with Gasteiger partial charge in [0.15, 0.2) is 11.5 Å². The molecule has 0 saturated carbocycles. The Morgan fingerprint density at radius 3 is 2.69 bits per heavy atom. The fourth-order valence-electron chi connectivity index (χ4n) is 2.63. The minimum absolute atomic E-state index is 0.0605. The number of phenolic OH excluding ortho intramolecular Hbond substituents is 1. The van der Waals surface area contributed by atoms with Crippen molar-refractivity contribution in [2.75, 3.05) is 7.11 Å². The van der Waals surface area contributed by atoms with E-state index in [1.807, 2.05) is 42.5 Å². The summed E-state index contributed by atoms with van der Waals surface area (Å²) < 4.78 is 10.9. The second kappa shape index (κ2) is 8.25. The van der Waals surface area contributed by atoms with Gasteiger partial charge in [-0.1, -0.05) is 36.4 Å². The van der Waals surface area contributed by atoms with Crippen molar-refractivity contribution in [2.24, 2.45) is 0 Å². The summed E-state index contributed by atoms with van der Waals surface area (Å²) in [7, 11) is 1.49. The van der Waals surface area contributed by atoms with Gasteiger partial charge in [-0.3, -0.25) is 4.79 Å². The van der Waals surface area contributed by atoms with Crippen LogP contribution in [-0.4, -0.2) is 18.1 Å². The van der Waals surface area contributed by atoms with E-state index in [-0.39, 0.29) is 11.7 Å². The summed E-state index contributed by atoms with van der Waals surface area (Å²) in [4.78, 5) is 12.1. The Kier molecular flexibility index (Phi) is 5.59. The van der Waals surface area contributed by atoms with Crippen LogP contribution in [0, 0.1) is 0 Å². The van der Waals surface area contributed by atoms with E-state index >= 15 is 0 Å². The van der Waals surface area contributed by atoms with Gasteiger partial charge >= 0.3 is 0 Å². The van der Waals surface area contributed by atoms with Gasteiger partial charge in [-0.25, -0.2) is 0 Å². The smallest absolute Gasteiger partial charge is 0.220 e. The molecule has 1 amide bonds. The van der Waals surface area contributed by atoms with Gasteiger partial charge in [0, 0.05) is 24.9 Å². The molecular weight excluding hydrogens is 330 g/mol. The Morgan fingerprint density at radius 2 is 1.92 bits per heavy atom. The number of nitrogens with one attached hydrogen (secondary N) is 1. The number of aromatic hydroxyl groups is 1. The van der Waals surface area contributed by atoms with Crippen molar-refractivity contribution in [2.45, 2.75) is 19.4 Å². The van der Waals surface area contributed by atoms with Crippen LogP contribution in [0.25, 0.3) is 11.3 Å². The third-order valence-corrected chi connectivity index (χ3v) is 4.05. The van der Waals surface area contributed by atoms with Crippen molar-refractivity contribution in [3.8, 4) is 22.8 Å². The highest BCUT2D eigenvalue weighted by atomic mass is 16.5. The number of rotatable bonds is 7. The summed E-state index contributed by atoms with van der Waals surface area (Å²) in [6, 6.07) is 18.7. The van der Waals surface area contributed by atoms with Gasteiger partial charge in [0.25, 0.3) is 0 Å². The molecule has 0 atom stereocenters. The molecule has 134 valence electrons. The van der Waals surface area contributed by atoms with Crippen molar-refractivity contribution >= 4 is 5.91 Å². The van der Waals surface area contributed by atoms with Crippen LogP contribution in [0.15, 0.2) is 65.1 Å². The van der Waals surface area contributed by atoms with Crippen LogP contribution < -0.4 is 10.1 Å². The van der Waals surface area contributed by atoms with Crippen LogP contribution in [0.4, 0.5) is 0 Å². The number of hydrogen-bond acceptors (Lipinski definition) is 4. The van der Waals surface area contributed by atoms with Gasteiger partial charge in [0.05, 0.1) is 7.11 Å². The second-order valence-corrected chi connectivity index (χ2v) is 5.91. The Labute approximate surface area is 152 Å². The first-order chi connectivity index (χ1) is 12.7. The second-order valence-electron chi connectivity index (χ2n) is 5.91. The van der Waals surface area contributed by atoms with Gasteiger partial charge in [0.2, 0.25) is 5.91 Å². The van der Waals surface area contributed by atoms with Gasteiger partial charge in [-0.05, 0) is 29.8 Å². The van der Waals surface area contributed by atoms with Crippen LogP contribution in [0.3, 0.4) is 0 Å². The summed E-state index contributed by atoms with van der Waals surface area (Å²) in [5, 5.41) is 12.4. The number of carbonyl (C=O) groups is 1. The highest BCUT2D eigenvalue weighted by Crippen LogP contribution is 2.26. The Morgan fingerprint density at radius 1 is 1.12 bits per heavy atom. The van der Waals surface area contributed by atoms with Gasteiger partial charge < -0.3 is 19.6 Å². The van der Waals surface area contributed by atoms with E-state index in [4.69, 9.17) is 9.15 Å². The zero-order valence-electron chi connectivity index (χ0n) is 14.6. The van der Waals surface area contributed by atoms with Crippen molar-refractivity contribution in [1.82, 2.24) is 5.32 Å². The first kappa shape index (κ1) is 17.6. The van der Waals surface area contributed by atoms with Crippen LogP contribution in [-0.2, 0) is 17.8 Å². The zero-order chi connectivity index (χ0) is 18.4. The van der Waals surface area contributed by atoms with Crippen molar-refractivity contribution in [1.29, 1.82) is 0 Å². The lowest BCUT2D eigenvalue weighted by Crippen LogP contribution is -2.22. The molecule has 3 rings (SSSR count). The number of phenols is 1. The molecule has 3 aromatic rings. The maximum absolute atomic E-state index is 12.1. The van der Waals surface area contributed by atoms with Crippen LogP contribution in [0.1, 0.15) is 17.7 Å². The molecule has 0 bridgehead atoms. The van der Waals surface area contributed by atoms with E-state index < -0.39 is 0 Å². The van der Waals surface area contributed by atoms with Crippen molar-refractivity contribution < 1.29 is 19.1 Å². The predicted molar refractivity (Wildman–Crippen MR) is 99.0 cm³/mol. The summed E-state index contributed by atoms with van der Waals surface area (Å²) in [5.41, 5.74) is 1.88. The number of amides is 1. The molecule has 5 heteroatoms. The average molecular weight is 351 g/mol. The molecule has 1 aromatic heterocycles. The number of methoxy groups -OCH3 is 1. The molecule has 0 fully saturated rings. The van der Waals surface area contributed by atoms with Crippen LogP contribution >= 0.6 is 0 Å².